The second-order valence-electron chi connectivity index (χ2n) is 7.92. The Morgan fingerprint density at radius 2 is 1.74 bits per heavy atom. The molecule has 8 nitrogen and oxygen atoms in total. The van der Waals surface area contributed by atoms with Crippen LogP contribution in [0.4, 0.5) is 13.2 Å². The number of benzene rings is 2. The number of ether oxygens (including phenoxy) is 3. The van der Waals surface area contributed by atoms with Crippen LogP contribution >= 0.6 is 0 Å². The Bertz CT molecular complexity index is 1210. The summed E-state index contributed by atoms with van der Waals surface area (Å²) in [5.74, 6) is -0.366. The minimum atomic E-state index is -4.80. The second kappa shape index (κ2) is 9.62. The molecule has 0 bridgehead atoms. The molecule has 0 radical (unpaired) electrons. The molecule has 2 aromatic carbocycles. The van der Waals surface area contributed by atoms with Crippen LogP contribution in [0.3, 0.4) is 0 Å². The van der Waals surface area contributed by atoms with Crippen molar-refractivity contribution >= 4 is 5.97 Å². The van der Waals surface area contributed by atoms with E-state index in [0.29, 0.717) is 11.4 Å². The molecule has 0 spiro atoms. The van der Waals surface area contributed by atoms with Crippen molar-refractivity contribution in [2.24, 2.45) is 0 Å². The van der Waals surface area contributed by atoms with Crippen molar-refractivity contribution in [2.45, 2.75) is 46.2 Å². The van der Waals surface area contributed by atoms with Crippen LogP contribution in [-0.2, 0) is 16.1 Å². The van der Waals surface area contributed by atoms with Crippen molar-refractivity contribution < 1.29 is 32.2 Å². The predicted octanol–water partition coefficient (Wildman–Crippen LogP) is 4.01. The van der Waals surface area contributed by atoms with E-state index in [1.807, 2.05) is 13.0 Å². The molecule has 3 rings (SSSR count). The maximum Gasteiger partial charge on any atom is 0.573 e. The zero-order valence-corrected chi connectivity index (χ0v) is 19.0. The number of alkyl halides is 3. The second-order valence-corrected chi connectivity index (χ2v) is 7.92. The Kier molecular flexibility index (Phi) is 7.04. The standard InChI is InChI=1S/C23H24F3N3O5/c1-5-32-20(30)22(3,4)34-19-11-6-16(12-15(19)2)13-29-21(31)28(14-27-29)17-7-9-18(10-8-17)33-23(24,25)26/h6-12,14H,5,13H2,1-4H3. The van der Waals surface area contributed by atoms with Gasteiger partial charge in [-0.25, -0.2) is 18.8 Å². The van der Waals surface area contributed by atoms with Crippen LogP contribution in [0.25, 0.3) is 5.69 Å². The molecule has 3 aromatic rings. The van der Waals surface area contributed by atoms with Crippen LogP contribution in [0, 0.1) is 6.92 Å². The monoisotopic (exact) mass is 479 g/mol. The average Bonchev–Trinajstić information content (AvgIpc) is 3.10. The van der Waals surface area contributed by atoms with Crippen LogP contribution in [0.5, 0.6) is 11.5 Å². The summed E-state index contributed by atoms with van der Waals surface area (Å²) in [5.41, 5.74) is 0.221. The van der Waals surface area contributed by atoms with Gasteiger partial charge in [-0.3, -0.25) is 0 Å². The number of aromatic nitrogens is 3. The Morgan fingerprint density at radius 1 is 1.06 bits per heavy atom. The molecule has 0 unspecified atom stereocenters. The quantitative estimate of drug-likeness (QED) is 0.454. The largest absolute Gasteiger partial charge is 0.573 e. The molecule has 182 valence electrons. The molecule has 0 N–H and O–H groups in total. The summed E-state index contributed by atoms with van der Waals surface area (Å²) in [6, 6.07) is 10.2. The third-order valence-electron chi connectivity index (χ3n) is 4.79. The highest BCUT2D eigenvalue weighted by Crippen LogP contribution is 2.25. The van der Waals surface area contributed by atoms with Gasteiger partial charge in [-0.2, -0.15) is 5.10 Å². The fraction of sp³-hybridized carbons (Fsp3) is 0.348. The van der Waals surface area contributed by atoms with Crippen molar-refractivity contribution in [2.75, 3.05) is 6.61 Å². The van der Waals surface area contributed by atoms with Gasteiger partial charge >= 0.3 is 18.0 Å². The molecular formula is C23H24F3N3O5. The Hall–Kier alpha value is -3.76. The molecule has 0 aliphatic heterocycles. The van der Waals surface area contributed by atoms with Gasteiger partial charge in [0, 0.05) is 0 Å². The normalized spacial score (nSPS) is 11.9. The maximum atomic E-state index is 12.7. The average molecular weight is 479 g/mol. The number of hydrogen-bond donors (Lipinski definition) is 0. The van der Waals surface area contributed by atoms with E-state index in [1.165, 1.54) is 27.7 Å². The van der Waals surface area contributed by atoms with Gasteiger partial charge in [0.05, 0.1) is 18.8 Å². The highest BCUT2D eigenvalue weighted by Gasteiger charge is 2.32. The molecule has 0 saturated carbocycles. The molecule has 11 heteroatoms. The SMILES string of the molecule is CCOC(=O)C(C)(C)Oc1ccc(Cn2ncn(-c3ccc(OC(F)(F)F)cc3)c2=O)cc1C. The molecule has 0 aliphatic carbocycles. The highest BCUT2D eigenvalue weighted by molar-refractivity contribution is 5.79. The first kappa shape index (κ1) is 24.9. The van der Waals surface area contributed by atoms with Gasteiger partial charge in [-0.05, 0) is 69.2 Å². The molecule has 0 atom stereocenters. The number of carbonyl (C=O) groups excluding carboxylic acids is 1. The fourth-order valence-corrected chi connectivity index (χ4v) is 3.15. The number of carbonyl (C=O) groups is 1. The van der Waals surface area contributed by atoms with Crippen LogP contribution in [-0.4, -0.2) is 38.9 Å². The van der Waals surface area contributed by atoms with E-state index in [1.54, 1.807) is 32.9 Å². The van der Waals surface area contributed by atoms with Gasteiger partial charge in [0.15, 0.2) is 5.60 Å². The van der Waals surface area contributed by atoms with Crippen molar-refractivity contribution in [1.82, 2.24) is 14.3 Å². The minimum absolute atomic E-state index is 0.156. The lowest BCUT2D eigenvalue weighted by Gasteiger charge is -2.25. The van der Waals surface area contributed by atoms with E-state index in [0.717, 1.165) is 23.3 Å². The predicted molar refractivity (Wildman–Crippen MR) is 116 cm³/mol. The molecule has 34 heavy (non-hydrogen) atoms. The van der Waals surface area contributed by atoms with Gasteiger partial charge < -0.3 is 14.2 Å². The van der Waals surface area contributed by atoms with E-state index < -0.39 is 23.6 Å². The first-order valence-electron chi connectivity index (χ1n) is 10.4. The molecular weight excluding hydrogens is 455 g/mol. The van der Waals surface area contributed by atoms with Crippen molar-refractivity contribution in [3.8, 4) is 17.2 Å². The van der Waals surface area contributed by atoms with Gasteiger partial charge in [-0.15, -0.1) is 13.2 Å². The number of halogens is 3. The van der Waals surface area contributed by atoms with E-state index in [-0.39, 0.29) is 18.9 Å². The van der Waals surface area contributed by atoms with E-state index in [2.05, 4.69) is 9.84 Å². The van der Waals surface area contributed by atoms with Crippen LogP contribution in [0.15, 0.2) is 53.6 Å². The number of esters is 1. The highest BCUT2D eigenvalue weighted by atomic mass is 19.4. The summed E-state index contributed by atoms with van der Waals surface area (Å²) in [6.07, 6.45) is -3.51. The van der Waals surface area contributed by atoms with Gasteiger partial charge in [0.2, 0.25) is 0 Å². The smallest absolute Gasteiger partial charge is 0.476 e. The molecule has 0 aliphatic rings. The summed E-state index contributed by atoms with van der Waals surface area (Å²) in [5, 5.41) is 4.09. The zero-order valence-electron chi connectivity index (χ0n) is 19.0. The van der Waals surface area contributed by atoms with Crippen LogP contribution < -0.4 is 15.2 Å². The number of rotatable bonds is 8. The summed E-state index contributed by atoms with van der Waals surface area (Å²) in [4.78, 5) is 24.8. The van der Waals surface area contributed by atoms with Gasteiger partial charge in [-0.1, -0.05) is 12.1 Å². The number of nitrogens with zero attached hydrogens (tertiary/aromatic N) is 3. The van der Waals surface area contributed by atoms with Crippen molar-refractivity contribution in [1.29, 1.82) is 0 Å². The van der Waals surface area contributed by atoms with Crippen LogP contribution in [0.1, 0.15) is 31.9 Å². The van der Waals surface area contributed by atoms with Crippen LogP contribution in [0.2, 0.25) is 0 Å². The van der Waals surface area contributed by atoms with Gasteiger partial charge in [0.1, 0.15) is 17.8 Å². The van der Waals surface area contributed by atoms with E-state index >= 15 is 0 Å². The zero-order chi connectivity index (χ0) is 25.1. The topological polar surface area (TPSA) is 84.6 Å². The number of aryl methyl sites for hydroxylation is 1. The third-order valence-corrected chi connectivity index (χ3v) is 4.79. The first-order valence-corrected chi connectivity index (χ1v) is 10.4. The van der Waals surface area contributed by atoms with E-state index in [9.17, 15) is 22.8 Å². The lowest BCUT2D eigenvalue weighted by atomic mass is 10.1. The Morgan fingerprint density at radius 3 is 2.32 bits per heavy atom. The minimum Gasteiger partial charge on any atom is -0.476 e. The summed E-state index contributed by atoms with van der Waals surface area (Å²) in [6.45, 7) is 7.17. The first-order chi connectivity index (χ1) is 15.9. The molecule has 0 amide bonds. The third kappa shape index (κ3) is 5.97. The Labute approximate surface area is 193 Å². The molecule has 0 fully saturated rings. The fourth-order valence-electron chi connectivity index (χ4n) is 3.15. The summed E-state index contributed by atoms with van der Waals surface area (Å²) < 4.78 is 54.1. The Balaban J connectivity index is 1.74. The van der Waals surface area contributed by atoms with Crippen molar-refractivity contribution in [3.05, 3.63) is 70.4 Å². The van der Waals surface area contributed by atoms with E-state index in [4.69, 9.17) is 9.47 Å². The molecule has 1 aromatic heterocycles. The number of hydrogen-bond acceptors (Lipinski definition) is 6. The summed E-state index contributed by atoms with van der Waals surface area (Å²) in [7, 11) is 0. The van der Waals surface area contributed by atoms with Gasteiger partial charge in [0.25, 0.3) is 0 Å². The lowest BCUT2D eigenvalue weighted by molar-refractivity contribution is -0.274. The maximum absolute atomic E-state index is 12.7. The lowest BCUT2D eigenvalue weighted by Crippen LogP contribution is -2.39. The van der Waals surface area contributed by atoms with Crippen molar-refractivity contribution in [3.63, 3.8) is 0 Å². The molecule has 0 saturated heterocycles. The molecule has 1 heterocycles. The summed E-state index contributed by atoms with van der Waals surface area (Å²) >= 11 is 0.